The smallest absolute Gasteiger partial charge is 0.109 e. The molecule has 2 atom stereocenters. The van der Waals surface area contributed by atoms with E-state index in [9.17, 15) is 5.26 Å². The van der Waals surface area contributed by atoms with Crippen molar-refractivity contribution >= 4 is 0 Å². The van der Waals surface area contributed by atoms with Crippen LogP contribution in [-0.2, 0) is 0 Å². The molecule has 20 heavy (non-hydrogen) atoms. The van der Waals surface area contributed by atoms with E-state index in [2.05, 4.69) is 30.1 Å². The van der Waals surface area contributed by atoms with Crippen molar-refractivity contribution in [2.75, 3.05) is 26.7 Å². The molecular formula is C17H31N3. The van der Waals surface area contributed by atoms with Gasteiger partial charge in [-0.1, -0.05) is 26.7 Å². The second-order valence-electron chi connectivity index (χ2n) is 7.22. The Labute approximate surface area is 124 Å². The number of hydrogen-bond donors (Lipinski definition) is 1. The summed E-state index contributed by atoms with van der Waals surface area (Å²) < 4.78 is 0. The van der Waals surface area contributed by atoms with E-state index < -0.39 is 0 Å². The molecule has 1 aliphatic carbocycles. The lowest BCUT2D eigenvalue weighted by molar-refractivity contribution is 0.106. The largest absolute Gasteiger partial charge is 0.303 e. The topological polar surface area (TPSA) is 39.1 Å². The number of piperidine rings is 1. The first kappa shape index (κ1) is 15.8. The number of nitrogens with zero attached hydrogens (tertiary/aromatic N) is 2. The lowest BCUT2D eigenvalue weighted by Crippen LogP contribution is -2.46. The number of nitrogens with one attached hydrogen (secondary N) is 1. The molecule has 114 valence electrons. The van der Waals surface area contributed by atoms with Gasteiger partial charge in [-0.15, -0.1) is 0 Å². The van der Waals surface area contributed by atoms with Crippen molar-refractivity contribution in [1.82, 2.24) is 10.2 Å². The summed E-state index contributed by atoms with van der Waals surface area (Å²) in [5.74, 6) is 0.539. The summed E-state index contributed by atoms with van der Waals surface area (Å²) in [6.07, 6.45) is 8.60. The van der Waals surface area contributed by atoms with Gasteiger partial charge >= 0.3 is 0 Å². The van der Waals surface area contributed by atoms with Gasteiger partial charge in [-0.2, -0.15) is 5.26 Å². The average Bonchev–Trinajstić information content (AvgIpc) is 2.90. The van der Waals surface area contributed by atoms with E-state index in [0.717, 1.165) is 6.42 Å². The first-order chi connectivity index (χ1) is 9.57. The predicted molar refractivity (Wildman–Crippen MR) is 83.4 cm³/mol. The Bertz CT molecular complexity index is 352. The van der Waals surface area contributed by atoms with Crippen LogP contribution in [0, 0.1) is 22.7 Å². The quantitative estimate of drug-likeness (QED) is 0.839. The zero-order chi connectivity index (χ0) is 14.6. The monoisotopic (exact) mass is 277 g/mol. The van der Waals surface area contributed by atoms with Crippen molar-refractivity contribution in [3.8, 4) is 6.07 Å². The van der Waals surface area contributed by atoms with Crippen LogP contribution in [-0.4, -0.2) is 37.1 Å². The fraction of sp³-hybridized carbons (Fsp3) is 0.941. The number of likely N-dealkylation sites (tertiary alicyclic amines) is 1. The molecule has 0 bridgehead atoms. The second kappa shape index (κ2) is 6.45. The molecule has 2 aliphatic rings. The van der Waals surface area contributed by atoms with Crippen molar-refractivity contribution in [2.45, 2.75) is 64.3 Å². The summed E-state index contributed by atoms with van der Waals surface area (Å²) in [5.41, 5.74) is 0.332. The Morgan fingerprint density at radius 2 is 2.00 bits per heavy atom. The predicted octanol–water partition coefficient (Wildman–Crippen LogP) is 3.17. The lowest BCUT2D eigenvalue weighted by atomic mass is 9.78. The molecule has 0 radical (unpaired) electrons. The van der Waals surface area contributed by atoms with Crippen LogP contribution in [0.5, 0.6) is 0 Å². The Morgan fingerprint density at radius 3 is 2.55 bits per heavy atom. The molecule has 1 aliphatic heterocycles. The molecule has 0 aromatic carbocycles. The Hall–Kier alpha value is -0.590. The van der Waals surface area contributed by atoms with Crippen LogP contribution in [0.25, 0.3) is 0 Å². The summed E-state index contributed by atoms with van der Waals surface area (Å²) in [6.45, 7) is 8.42. The number of hydrogen-bond acceptors (Lipinski definition) is 3. The lowest BCUT2D eigenvalue weighted by Gasteiger charge is -2.39. The van der Waals surface area contributed by atoms with Gasteiger partial charge in [0.1, 0.15) is 5.54 Å². The number of nitriles is 1. The highest BCUT2D eigenvalue weighted by molar-refractivity contribution is 5.13. The minimum Gasteiger partial charge on any atom is -0.303 e. The molecule has 3 nitrogen and oxygen atoms in total. The van der Waals surface area contributed by atoms with Crippen LogP contribution in [0.2, 0.25) is 0 Å². The standard InChI is InChI=1S/C17H31N3/c1-4-16(2)9-12-20(13-10-16)11-7-15-6-5-8-17(15,14-18)19-3/h15,19H,4-13H2,1-3H3. The van der Waals surface area contributed by atoms with Gasteiger partial charge in [0.05, 0.1) is 6.07 Å². The minimum absolute atomic E-state index is 0.242. The van der Waals surface area contributed by atoms with Crippen molar-refractivity contribution < 1.29 is 0 Å². The fourth-order valence-corrected chi connectivity index (χ4v) is 4.01. The van der Waals surface area contributed by atoms with Crippen LogP contribution in [0.15, 0.2) is 0 Å². The third-order valence-corrected chi connectivity index (χ3v) is 6.18. The van der Waals surface area contributed by atoms with E-state index >= 15 is 0 Å². The van der Waals surface area contributed by atoms with E-state index in [1.54, 1.807) is 0 Å². The summed E-state index contributed by atoms with van der Waals surface area (Å²) in [5, 5.41) is 12.8. The van der Waals surface area contributed by atoms with Gasteiger partial charge in [-0.25, -0.2) is 0 Å². The second-order valence-corrected chi connectivity index (χ2v) is 7.22. The fourth-order valence-electron chi connectivity index (χ4n) is 4.01. The third-order valence-electron chi connectivity index (χ3n) is 6.18. The molecule has 0 amide bonds. The molecule has 0 aromatic rings. The van der Waals surface area contributed by atoms with Gasteiger partial charge < -0.3 is 10.2 Å². The number of rotatable bonds is 5. The summed E-state index contributed by atoms with van der Waals surface area (Å²) in [7, 11) is 1.95. The minimum atomic E-state index is -0.242. The molecule has 1 heterocycles. The summed E-state index contributed by atoms with van der Waals surface area (Å²) in [6, 6.07) is 2.56. The molecule has 0 spiro atoms. The first-order valence-electron chi connectivity index (χ1n) is 8.40. The molecule has 1 N–H and O–H groups in total. The van der Waals surface area contributed by atoms with Crippen LogP contribution < -0.4 is 5.32 Å². The van der Waals surface area contributed by atoms with E-state index in [0.29, 0.717) is 11.3 Å². The maximum absolute atomic E-state index is 9.50. The maximum atomic E-state index is 9.50. The van der Waals surface area contributed by atoms with E-state index in [4.69, 9.17) is 0 Å². The average molecular weight is 277 g/mol. The zero-order valence-electron chi connectivity index (χ0n) is 13.5. The van der Waals surface area contributed by atoms with Crippen molar-refractivity contribution in [2.24, 2.45) is 11.3 Å². The Kier molecular flexibility index (Phi) is 5.09. The van der Waals surface area contributed by atoms with Crippen LogP contribution in [0.1, 0.15) is 58.8 Å². The maximum Gasteiger partial charge on any atom is 0.109 e. The highest BCUT2D eigenvalue weighted by Crippen LogP contribution is 2.38. The van der Waals surface area contributed by atoms with E-state index in [-0.39, 0.29) is 5.54 Å². The zero-order valence-corrected chi connectivity index (χ0v) is 13.5. The highest BCUT2D eigenvalue weighted by atomic mass is 15.1. The van der Waals surface area contributed by atoms with Gasteiger partial charge in [0.25, 0.3) is 0 Å². The summed E-state index contributed by atoms with van der Waals surface area (Å²) in [4.78, 5) is 2.62. The SMILES string of the molecule is CCC1(C)CCN(CCC2CCCC2(C#N)NC)CC1. The Morgan fingerprint density at radius 1 is 1.30 bits per heavy atom. The van der Waals surface area contributed by atoms with E-state index in [1.807, 2.05) is 7.05 Å². The van der Waals surface area contributed by atoms with Gasteiger partial charge in [0.15, 0.2) is 0 Å². The molecule has 3 heteroatoms. The molecule has 1 saturated carbocycles. The van der Waals surface area contributed by atoms with Gasteiger partial charge in [-0.05, 0) is 70.1 Å². The van der Waals surface area contributed by atoms with Gasteiger partial charge in [0.2, 0.25) is 0 Å². The van der Waals surface area contributed by atoms with Gasteiger partial charge in [-0.3, -0.25) is 0 Å². The molecule has 2 unspecified atom stereocenters. The molecule has 2 rings (SSSR count). The normalized spacial score (nSPS) is 34.0. The molecule has 1 saturated heterocycles. The van der Waals surface area contributed by atoms with Crippen LogP contribution >= 0.6 is 0 Å². The first-order valence-corrected chi connectivity index (χ1v) is 8.40. The third kappa shape index (κ3) is 3.18. The molecule has 2 fully saturated rings. The van der Waals surface area contributed by atoms with Gasteiger partial charge in [0, 0.05) is 0 Å². The van der Waals surface area contributed by atoms with Crippen molar-refractivity contribution in [1.29, 1.82) is 5.26 Å². The molecule has 0 aromatic heterocycles. The highest BCUT2D eigenvalue weighted by Gasteiger charge is 2.41. The van der Waals surface area contributed by atoms with Crippen molar-refractivity contribution in [3.63, 3.8) is 0 Å². The summed E-state index contributed by atoms with van der Waals surface area (Å²) >= 11 is 0. The van der Waals surface area contributed by atoms with Crippen LogP contribution in [0.4, 0.5) is 0 Å². The van der Waals surface area contributed by atoms with Crippen LogP contribution in [0.3, 0.4) is 0 Å². The van der Waals surface area contributed by atoms with Crippen molar-refractivity contribution in [3.05, 3.63) is 0 Å². The van der Waals surface area contributed by atoms with E-state index in [1.165, 1.54) is 58.2 Å². The molecular weight excluding hydrogens is 246 g/mol. The Balaban J connectivity index is 1.81.